The van der Waals surface area contributed by atoms with Crippen LogP contribution < -0.4 is 11.1 Å². The molecule has 0 unspecified atom stereocenters. The average molecular weight is 358 g/mol. The van der Waals surface area contributed by atoms with Gasteiger partial charge in [0.1, 0.15) is 5.69 Å². The molecule has 5 nitrogen and oxygen atoms in total. The molecule has 24 heavy (non-hydrogen) atoms. The van der Waals surface area contributed by atoms with Crippen LogP contribution in [0.25, 0.3) is 5.69 Å². The lowest BCUT2D eigenvalue weighted by Crippen LogP contribution is -2.36. The molecule has 2 rings (SSSR count). The van der Waals surface area contributed by atoms with Crippen molar-refractivity contribution < 1.29 is 18.0 Å². The summed E-state index contributed by atoms with van der Waals surface area (Å²) >= 11 is 1.60. The summed E-state index contributed by atoms with van der Waals surface area (Å²) in [5.74, 6) is 0.444. The third-order valence-corrected chi connectivity index (χ3v) is 3.93. The summed E-state index contributed by atoms with van der Waals surface area (Å²) in [6.45, 7) is 0. The number of carbonyl (C=O) groups is 1. The predicted octanol–water partition coefficient (Wildman–Crippen LogP) is 2.91. The molecule has 1 aromatic heterocycles. The van der Waals surface area contributed by atoms with Crippen molar-refractivity contribution in [1.82, 2.24) is 9.78 Å². The molecule has 130 valence electrons. The van der Waals surface area contributed by atoms with Crippen LogP contribution >= 0.6 is 11.8 Å². The zero-order chi connectivity index (χ0) is 17.7. The lowest BCUT2D eigenvalue weighted by atomic mass is 10.2. The highest BCUT2D eigenvalue weighted by atomic mass is 32.2. The number of carbonyl (C=O) groups excluding carboxylic acids is 1. The summed E-state index contributed by atoms with van der Waals surface area (Å²) in [4.78, 5) is 11.9. The van der Waals surface area contributed by atoms with Gasteiger partial charge in [-0.15, -0.1) is 0 Å². The van der Waals surface area contributed by atoms with Gasteiger partial charge in [0.15, 0.2) is 0 Å². The summed E-state index contributed by atoms with van der Waals surface area (Å²) in [7, 11) is 0. The first kappa shape index (κ1) is 18.3. The van der Waals surface area contributed by atoms with E-state index in [1.54, 1.807) is 11.8 Å². The van der Waals surface area contributed by atoms with Gasteiger partial charge in [-0.25, -0.2) is 4.68 Å². The maximum Gasteiger partial charge on any atom is 0.433 e. The maximum absolute atomic E-state index is 12.9. The number of benzene rings is 1. The minimum absolute atomic E-state index is 0.247. The van der Waals surface area contributed by atoms with E-state index >= 15 is 0 Å². The van der Waals surface area contributed by atoms with E-state index in [4.69, 9.17) is 5.73 Å². The number of nitrogens with one attached hydrogen (secondary N) is 1. The fourth-order valence-electron chi connectivity index (χ4n) is 2.02. The van der Waals surface area contributed by atoms with E-state index in [1.165, 1.54) is 24.3 Å². The van der Waals surface area contributed by atoms with Crippen LogP contribution in [0.3, 0.4) is 0 Å². The standard InChI is InChI=1S/C15H17F3N4OS/c1-24-9-7-12(19)14(23)21-10-2-4-11(5-3-10)22-13(6-8-20-22)15(16,17)18/h2-6,8,12H,7,9,19H2,1H3,(H,21,23)/t12-/m0/s1. The first-order chi connectivity index (χ1) is 11.3. The van der Waals surface area contributed by atoms with Gasteiger partial charge in [0.05, 0.1) is 17.9 Å². The Bertz CT molecular complexity index is 685. The number of amides is 1. The number of hydrogen-bond donors (Lipinski definition) is 2. The number of anilines is 1. The second-order valence-corrected chi connectivity index (χ2v) is 6.04. The molecule has 1 atom stereocenters. The molecule has 0 aliphatic carbocycles. The van der Waals surface area contributed by atoms with E-state index in [0.717, 1.165) is 22.7 Å². The number of rotatable bonds is 6. The zero-order valence-electron chi connectivity index (χ0n) is 12.9. The van der Waals surface area contributed by atoms with Crippen LogP contribution in [0.2, 0.25) is 0 Å². The smallest absolute Gasteiger partial charge is 0.325 e. The van der Waals surface area contributed by atoms with E-state index in [-0.39, 0.29) is 11.6 Å². The first-order valence-electron chi connectivity index (χ1n) is 7.10. The summed E-state index contributed by atoms with van der Waals surface area (Å²) < 4.78 is 39.4. The molecule has 1 aromatic carbocycles. The Morgan fingerprint density at radius 3 is 2.58 bits per heavy atom. The molecule has 1 amide bonds. The van der Waals surface area contributed by atoms with Crippen LogP contribution in [0.1, 0.15) is 12.1 Å². The van der Waals surface area contributed by atoms with E-state index in [0.29, 0.717) is 12.1 Å². The quantitative estimate of drug-likeness (QED) is 0.833. The highest BCUT2D eigenvalue weighted by molar-refractivity contribution is 7.98. The molecule has 0 aliphatic heterocycles. The van der Waals surface area contributed by atoms with Gasteiger partial charge in [-0.3, -0.25) is 4.79 Å². The number of hydrogen-bond acceptors (Lipinski definition) is 4. The predicted molar refractivity (Wildman–Crippen MR) is 88.2 cm³/mol. The topological polar surface area (TPSA) is 72.9 Å². The van der Waals surface area contributed by atoms with Crippen molar-refractivity contribution in [2.45, 2.75) is 18.6 Å². The van der Waals surface area contributed by atoms with Gasteiger partial charge in [0.2, 0.25) is 5.91 Å². The third kappa shape index (κ3) is 4.51. The Morgan fingerprint density at radius 1 is 1.33 bits per heavy atom. The van der Waals surface area contributed by atoms with Crippen LogP contribution in [-0.4, -0.2) is 33.7 Å². The number of aromatic nitrogens is 2. The van der Waals surface area contributed by atoms with Crippen molar-refractivity contribution in [3.63, 3.8) is 0 Å². The molecule has 0 spiro atoms. The van der Waals surface area contributed by atoms with Crippen LogP contribution in [0, 0.1) is 0 Å². The monoisotopic (exact) mass is 358 g/mol. The van der Waals surface area contributed by atoms with Gasteiger partial charge < -0.3 is 11.1 Å². The normalized spacial score (nSPS) is 12.9. The van der Waals surface area contributed by atoms with Crippen molar-refractivity contribution >= 4 is 23.4 Å². The largest absolute Gasteiger partial charge is 0.433 e. The minimum atomic E-state index is -4.49. The fourth-order valence-corrected chi connectivity index (χ4v) is 2.51. The third-order valence-electron chi connectivity index (χ3n) is 3.28. The molecule has 0 radical (unpaired) electrons. The summed E-state index contributed by atoms with van der Waals surface area (Å²) in [6, 6.07) is 6.20. The van der Waals surface area contributed by atoms with Crippen molar-refractivity contribution in [2.24, 2.45) is 5.73 Å². The number of alkyl halides is 3. The van der Waals surface area contributed by atoms with Gasteiger partial charge in [0, 0.05) is 5.69 Å². The molecule has 0 fully saturated rings. The molecule has 0 aliphatic rings. The molecule has 9 heteroatoms. The van der Waals surface area contributed by atoms with Crippen LogP contribution in [0.15, 0.2) is 36.5 Å². The van der Waals surface area contributed by atoms with Crippen LogP contribution in [0.5, 0.6) is 0 Å². The lowest BCUT2D eigenvalue weighted by molar-refractivity contribution is -0.142. The van der Waals surface area contributed by atoms with E-state index in [1.807, 2.05) is 6.26 Å². The van der Waals surface area contributed by atoms with Crippen LogP contribution in [-0.2, 0) is 11.0 Å². The molecule has 0 bridgehead atoms. The van der Waals surface area contributed by atoms with Crippen molar-refractivity contribution in [2.75, 3.05) is 17.3 Å². The molecular formula is C15H17F3N4OS. The maximum atomic E-state index is 12.9. The summed E-state index contributed by atoms with van der Waals surface area (Å²) in [5, 5.41) is 6.34. The molecule has 0 saturated heterocycles. The highest BCUT2D eigenvalue weighted by Crippen LogP contribution is 2.30. The number of halogens is 3. The second kappa shape index (κ2) is 7.71. The number of nitrogens with two attached hydrogens (primary N) is 1. The minimum Gasteiger partial charge on any atom is -0.325 e. The molecular weight excluding hydrogens is 341 g/mol. The van der Waals surface area contributed by atoms with Gasteiger partial charge in [-0.05, 0) is 48.8 Å². The Hall–Kier alpha value is -2.00. The molecule has 3 N–H and O–H groups in total. The Balaban J connectivity index is 2.09. The first-order valence-corrected chi connectivity index (χ1v) is 8.49. The van der Waals surface area contributed by atoms with Crippen molar-refractivity contribution in [1.29, 1.82) is 0 Å². The van der Waals surface area contributed by atoms with Gasteiger partial charge in [-0.2, -0.15) is 30.0 Å². The van der Waals surface area contributed by atoms with Crippen molar-refractivity contribution in [3.8, 4) is 5.69 Å². The van der Waals surface area contributed by atoms with E-state index in [2.05, 4.69) is 10.4 Å². The Kier molecular flexibility index (Phi) is 5.89. The Labute approximate surface area is 141 Å². The highest BCUT2D eigenvalue weighted by Gasteiger charge is 2.35. The molecule has 1 heterocycles. The average Bonchev–Trinajstić information content (AvgIpc) is 3.03. The molecule has 2 aromatic rings. The summed E-state index contributed by atoms with van der Waals surface area (Å²) in [5.41, 5.74) is 5.61. The van der Waals surface area contributed by atoms with Crippen molar-refractivity contribution in [3.05, 3.63) is 42.2 Å². The fraction of sp³-hybridized carbons (Fsp3) is 0.333. The second-order valence-electron chi connectivity index (χ2n) is 5.05. The summed E-state index contributed by atoms with van der Waals surface area (Å²) in [6.07, 6.45) is -0.933. The van der Waals surface area contributed by atoms with Crippen LogP contribution in [0.4, 0.5) is 18.9 Å². The zero-order valence-corrected chi connectivity index (χ0v) is 13.7. The lowest BCUT2D eigenvalue weighted by Gasteiger charge is -2.13. The molecule has 0 saturated carbocycles. The van der Waals surface area contributed by atoms with E-state index in [9.17, 15) is 18.0 Å². The number of thioether (sulfide) groups is 1. The van der Waals surface area contributed by atoms with Gasteiger partial charge in [-0.1, -0.05) is 0 Å². The number of nitrogens with zero attached hydrogens (tertiary/aromatic N) is 2. The van der Waals surface area contributed by atoms with E-state index < -0.39 is 17.9 Å². The Morgan fingerprint density at radius 2 is 2.00 bits per heavy atom. The SMILES string of the molecule is CSCC[C@H](N)C(=O)Nc1ccc(-n2nccc2C(F)(F)F)cc1. The van der Waals surface area contributed by atoms with Gasteiger partial charge in [0.25, 0.3) is 0 Å². The van der Waals surface area contributed by atoms with Gasteiger partial charge >= 0.3 is 6.18 Å².